The van der Waals surface area contributed by atoms with Crippen LogP contribution in [0.4, 0.5) is 10.5 Å². The molecule has 10 nitrogen and oxygen atoms in total. The minimum absolute atomic E-state index is 0.0914. The van der Waals surface area contributed by atoms with Crippen LogP contribution in [0.25, 0.3) is 21.3 Å². The van der Waals surface area contributed by atoms with E-state index in [0.717, 1.165) is 45.5 Å². The van der Waals surface area contributed by atoms with Crippen LogP contribution < -0.4 is 9.64 Å². The number of fused-ring (bicyclic) bond motifs is 2. The summed E-state index contributed by atoms with van der Waals surface area (Å²) in [7, 11) is -1.97. The van der Waals surface area contributed by atoms with Gasteiger partial charge < -0.3 is 28.3 Å². The van der Waals surface area contributed by atoms with E-state index in [2.05, 4.69) is 39.9 Å². The van der Waals surface area contributed by atoms with Crippen molar-refractivity contribution in [3.8, 4) is 16.9 Å². The second-order valence-corrected chi connectivity index (χ2v) is 23.1. The molecule has 0 radical (unpaired) electrons. The first-order chi connectivity index (χ1) is 23.8. The zero-order chi connectivity index (χ0) is 36.9. The van der Waals surface area contributed by atoms with Crippen LogP contribution in [-0.4, -0.2) is 80.0 Å². The number of hydrogen-bond donors (Lipinski definition) is 0. The lowest BCUT2D eigenvalue weighted by atomic mass is 9.95. The number of carbonyl (C=O) groups excluding carboxylic acids is 2. The lowest BCUT2D eigenvalue weighted by Crippen LogP contribution is -2.50. The van der Waals surface area contributed by atoms with E-state index < -0.39 is 25.6 Å². The van der Waals surface area contributed by atoms with Crippen molar-refractivity contribution < 1.29 is 33.0 Å². The molecule has 0 saturated carbocycles. The predicted molar refractivity (Wildman–Crippen MR) is 204 cm³/mol. The maximum atomic E-state index is 14.0. The third-order valence-corrected chi connectivity index (χ3v) is 16.3. The standard InChI is InChI=1S/C38H52ClN3O7SSi/c1-36(2,3)49-35(44)41-20-25(19-38(41,7)23-47-32-12-10-11-15-45-32)42-31(43)22-46-30-17-24(39)16-28(33(30)42)27-13-14-40-29-18-26(50-34(27)29)21-48-51(8,9)37(4,5)6/h13-14,16-18,25,32H,10-12,15,19-23H2,1-9H3/t25-,32-,38-/m0/s1. The Bertz CT molecular complexity index is 1780. The fraction of sp³-hybridized carbons (Fsp3) is 0.605. The Balaban J connectivity index is 1.37. The number of carbonyl (C=O) groups is 2. The van der Waals surface area contributed by atoms with Crippen LogP contribution >= 0.6 is 22.9 Å². The maximum absolute atomic E-state index is 14.0. The van der Waals surface area contributed by atoms with Gasteiger partial charge in [0.05, 0.1) is 40.7 Å². The van der Waals surface area contributed by atoms with Crippen LogP contribution in [0.3, 0.4) is 0 Å². The molecule has 0 aliphatic carbocycles. The molecule has 3 aromatic rings. The maximum Gasteiger partial charge on any atom is 0.410 e. The largest absolute Gasteiger partial charge is 0.481 e. The Morgan fingerprint density at radius 1 is 1.14 bits per heavy atom. The molecule has 278 valence electrons. The molecule has 2 saturated heterocycles. The highest BCUT2D eigenvalue weighted by Crippen LogP contribution is 2.49. The molecule has 1 aromatic carbocycles. The second kappa shape index (κ2) is 14.2. The van der Waals surface area contributed by atoms with Crippen LogP contribution in [-0.2, 0) is 30.0 Å². The van der Waals surface area contributed by atoms with E-state index in [-0.39, 0.29) is 43.0 Å². The minimum atomic E-state index is -1.97. The number of anilines is 1. The summed E-state index contributed by atoms with van der Waals surface area (Å²) in [5, 5.41) is 0.585. The van der Waals surface area contributed by atoms with Crippen molar-refractivity contribution in [2.45, 2.75) is 122 Å². The lowest BCUT2D eigenvalue weighted by molar-refractivity contribution is -0.177. The summed E-state index contributed by atoms with van der Waals surface area (Å²) in [5.41, 5.74) is 1.67. The highest BCUT2D eigenvalue weighted by atomic mass is 35.5. The average molecular weight is 758 g/mol. The first kappa shape index (κ1) is 38.0. The van der Waals surface area contributed by atoms with Gasteiger partial charge in [-0.25, -0.2) is 4.79 Å². The Hall–Kier alpha value is -2.74. The van der Waals surface area contributed by atoms with Crippen molar-refractivity contribution in [2.75, 3.05) is 31.3 Å². The summed E-state index contributed by atoms with van der Waals surface area (Å²) in [4.78, 5) is 37.1. The zero-order valence-electron chi connectivity index (χ0n) is 31.4. The van der Waals surface area contributed by atoms with Gasteiger partial charge in [-0.05, 0) is 89.7 Å². The zero-order valence-corrected chi connectivity index (χ0v) is 34.0. The Morgan fingerprint density at radius 3 is 2.59 bits per heavy atom. The summed E-state index contributed by atoms with van der Waals surface area (Å²) >= 11 is 8.39. The normalized spacial score (nSPS) is 23.1. The molecule has 2 amide bonds. The topological polar surface area (TPSA) is 99.7 Å². The van der Waals surface area contributed by atoms with Gasteiger partial charge in [-0.15, -0.1) is 11.3 Å². The summed E-state index contributed by atoms with van der Waals surface area (Å²) in [6.45, 7) is 20.3. The van der Waals surface area contributed by atoms with Crippen LogP contribution in [0.1, 0.15) is 79.0 Å². The first-order valence-electron chi connectivity index (χ1n) is 17.9. The molecule has 3 atom stereocenters. The number of rotatable bonds is 8. The Kier molecular flexibility index (Phi) is 10.6. The summed E-state index contributed by atoms with van der Waals surface area (Å²) in [6.07, 6.45) is 4.32. The summed E-state index contributed by atoms with van der Waals surface area (Å²) < 4.78 is 31.7. The molecule has 5 heterocycles. The smallest absolute Gasteiger partial charge is 0.410 e. The molecule has 0 bridgehead atoms. The van der Waals surface area contributed by atoms with E-state index in [1.807, 2.05) is 44.7 Å². The van der Waals surface area contributed by atoms with Gasteiger partial charge in [0.2, 0.25) is 0 Å². The van der Waals surface area contributed by atoms with Gasteiger partial charge in [0.1, 0.15) is 11.4 Å². The van der Waals surface area contributed by atoms with Crippen LogP contribution in [0.5, 0.6) is 5.75 Å². The fourth-order valence-electron chi connectivity index (χ4n) is 6.75. The molecule has 6 rings (SSSR count). The molecule has 0 unspecified atom stereocenters. The SMILES string of the molecule is CC(C)(C)OC(=O)N1C[C@@H](N2C(=O)COc3cc(Cl)cc(-c4ccnc5cc(CO[Si](C)(C)C(C)(C)C)sc45)c32)C[C@@]1(C)CO[C@H]1CCCCO1. The van der Waals surface area contributed by atoms with E-state index in [1.54, 1.807) is 28.5 Å². The Morgan fingerprint density at radius 2 is 1.90 bits per heavy atom. The number of pyridine rings is 1. The van der Waals surface area contributed by atoms with E-state index in [1.165, 1.54) is 0 Å². The van der Waals surface area contributed by atoms with Gasteiger partial charge in [0.25, 0.3) is 5.91 Å². The van der Waals surface area contributed by atoms with Gasteiger partial charge in [0, 0.05) is 46.4 Å². The number of amides is 2. The highest BCUT2D eigenvalue weighted by molar-refractivity contribution is 7.19. The van der Waals surface area contributed by atoms with Crippen molar-refractivity contribution >= 4 is 59.2 Å². The van der Waals surface area contributed by atoms with Gasteiger partial charge in [-0.1, -0.05) is 32.4 Å². The third kappa shape index (κ3) is 8.11. The van der Waals surface area contributed by atoms with Gasteiger partial charge in [0.15, 0.2) is 21.2 Å². The van der Waals surface area contributed by atoms with Gasteiger partial charge >= 0.3 is 6.09 Å². The van der Waals surface area contributed by atoms with Crippen LogP contribution in [0.2, 0.25) is 23.2 Å². The van der Waals surface area contributed by atoms with Crippen LogP contribution in [0.15, 0.2) is 30.5 Å². The van der Waals surface area contributed by atoms with Crippen LogP contribution in [0, 0.1) is 0 Å². The molecule has 0 N–H and O–H groups in total. The monoisotopic (exact) mass is 757 g/mol. The first-order valence-corrected chi connectivity index (χ1v) is 22.0. The molecule has 3 aliphatic rings. The molecule has 0 spiro atoms. The molecular formula is C38H52ClN3O7SSi. The number of thiophene rings is 1. The van der Waals surface area contributed by atoms with Crippen molar-refractivity contribution in [2.24, 2.45) is 0 Å². The van der Waals surface area contributed by atoms with Crippen molar-refractivity contribution in [1.29, 1.82) is 0 Å². The van der Waals surface area contributed by atoms with Crippen molar-refractivity contribution in [3.63, 3.8) is 0 Å². The molecule has 3 aliphatic heterocycles. The molecule has 13 heteroatoms. The summed E-state index contributed by atoms with van der Waals surface area (Å²) in [5.74, 6) is 0.324. The third-order valence-electron chi connectivity index (χ3n) is 10.5. The number of nitrogens with zero attached hydrogens (tertiary/aromatic N) is 3. The van der Waals surface area contributed by atoms with Gasteiger partial charge in [-0.3, -0.25) is 14.7 Å². The average Bonchev–Trinajstić information content (AvgIpc) is 3.63. The quantitative estimate of drug-likeness (QED) is 0.210. The highest BCUT2D eigenvalue weighted by Gasteiger charge is 2.51. The minimum Gasteiger partial charge on any atom is -0.481 e. The molecular weight excluding hydrogens is 706 g/mol. The lowest BCUT2D eigenvalue weighted by Gasteiger charge is -2.37. The van der Waals surface area contributed by atoms with E-state index >= 15 is 0 Å². The predicted octanol–water partition coefficient (Wildman–Crippen LogP) is 9.18. The summed E-state index contributed by atoms with van der Waals surface area (Å²) in [6, 6.07) is 7.31. The molecule has 51 heavy (non-hydrogen) atoms. The van der Waals surface area contributed by atoms with Crippen molar-refractivity contribution in [3.05, 3.63) is 40.4 Å². The number of aromatic nitrogens is 1. The van der Waals surface area contributed by atoms with E-state index in [0.29, 0.717) is 36.1 Å². The Labute approximate surface area is 311 Å². The van der Waals surface area contributed by atoms with E-state index in [9.17, 15) is 9.59 Å². The number of likely N-dealkylation sites (tertiary alicyclic amines) is 1. The van der Waals surface area contributed by atoms with E-state index in [4.69, 9.17) is 40.0 Å². The number of benzene rings is 1. The number of halogens is 1. The number of hydrogen-bond acceptors (Lipinski definition) is 9. The van der Waals surface area contributed by atoms with Crippen molar-refractivity contribution in [1.82, 2.24) is 9.88 Å². The number of ether oxygens (including phenoxy) is 4. The fourth-order valence-corrected chi connectivity index (χ4v) is 9.06. The second-order valence-electron chi connectivity index (χ2n) is 16.7. The molecule has 2 fully saturated rings. The molecule has 2 aromatic heterocycles. The van der Waals surface area contributed by atoms with Gasteiger partial charge in [-0.2, -0.15) is 0 Å².